The third-order valence-electron chi connectivity index (χ3n) is 2.39. The predicted molar refractivity (Wildman–Crippen MR) is 76.0 cm³/mol. The van der Waals surface area contributed by atoms with E-state index < -0.39 is 19.1 Å². The van der Waals surface area contributed by atoms with Crippen LogP contribution in [0.25, 0.3) is 0 Å². The number of hydrogen-bond donors (Lipinski definition) is 1. The van der Waals surface area contributed by atoms with Crippen molar-refractivity contribution in [3.05, 3.63) is 11.6 Å². The van der Waals surface area contributed by atoms with Crippen LogP contribution in [0.1, 0.15) is 41.5 Å². The molecule has 0 aromatic rings. The maximum Gasteiger partial charge on any atom is 0.363 e. The molecule has 114 valence electrons. The average Bonchev–Trinajstić information content (AvgIpc) is 2.28. The Balaban J connectivity index is 5.49. The highest BCUT2D eigenvalue weighted by molar-refractivity contribution is 7.58. The molecular weight excluding hydrogens is 267 g/mol. The zero-order valence-corrected chi connectivity index (χ0v) is 13.7. The molecule has 0 heterocycles. The van der Waals surface area contributed by atoms with E-state index in [0.717, 1.165) is 0 Å². The van der Waals surface area contributed by atoms with E-state index in [1.165, 1.54) is 6.26 Å². The van der Waals surface area contributed by atoms with Gasteiger partial charge in [0.15, 0.2) is 0 Å². The summed E-state index contributed by atoms with van der Waals surface area (Å²) in [6.45, 7) is 11.7. The molecule has 5 nitrogen and oxygen atoms in total. The number of ether oxygens (including phenoxy) is 1. The van der Waals surface area contributed by atoms with E-state index in [1.807, 2.05) is 27.7 Å². The predicted octanol–water partition coefficient (Wildman–Crippen LogP) is 3.54. The van der Waals surface area contributed by atoms with Crippen molar-refractivity contribution in [2.75, 3.05) is 19.8 Å². The van der Waals surface area contributed by atoms with Crippen molar-refractivity contribution in [1.82, 2.24) is 0 Å². The van der Waals surface area contributed by atoms with Crippen molar-refractivity contribution in [1.29, 1.82) is 0 Å². The minimum Gasteiger partial charge on any atom is -0.501 e. The van der Waals surface area contributed by atoms with E-state index in [-0.39, 0.29) is 18.5 Å². The lowest BCUT2D eigenvalue weighted by Gasteiger charge is -2.31. The van der Waals surface area contributed by atoms with Crippen molar-refractivity contribution >= 4 is 7.60 Å². The lowest BCUT2D eigenvalue weighted by molar-refractivity contribution is 0.0903. The summed E-state index contributed by atoms with van der Waals surface area (Å²) in [5.74, 6) is 0. The van der Waals surface area contributed by atoms with Crippen LogP contribution in [0.3, 0.4) is 0 Å². The first-order chi connectivity index (χ1) is 8.72. The van der Waals surface area contributed by atoms with Crippen LogP contribution in [0.5, 0.6) is 0 Å². The van der Waals surface area contributed by atoms with Crippen LogP contribution in [0.4, 0.5) is 0 Å². The van der Waals surface area contributed by atoms with Crippen LogP contribution in [0, 0.1) is 5.41 Å². The standard InChI is InChI=1S/C13H27O5P/c1-7-16-10-11(12(14)13(4,5)6)19(15,17-8-2)18-9-3/h10,12,14H,7-9H2,1-6H3/b11-10+. The van der Waals surface area contributed by atoms with Gasteiger partial charge in [0.1, 0.15) is 5.31 Å². The van der Waals surface area contributed by atoms with Gasteiger partial charge < -0.3 is 18.9 Å². The van der Waals surface area contributed by atoms with Crippen LogP contribution in [-0.2, 0) is 18.3 Å². The molecular formula is C13H27O5P. The monoisotopic (exact) mass is 294 g/mol. The normalized spacial score (nSPS) is 15.4. The highest BCUT2D eigenvalue weighted by Crippen LogP contribution is 2.59. The highest BCUT2D eigenvalue weighted by Gasteiger charge is 2.40. The maximum atomic E-state index is 12.8. The van der Waals surface area contributed by atoms with Crippen LogP contribution >= 0.6 is 7.60 Å². The van der Waals surface area contributed by atoms with Gasteiger partial charge in [-0.3, -0.25) is 4.57 Å². The van der Waals surface area contributed by atoms with E-state index in [1.54, 1.807) is 13.8 Å². The van der Waals surface area contributed by atoms with Crippen molar-refractivity contribution in [3.63, 3.8) is 0 Å². The molecule has 0 bridgehead atoms. The SMILES string of the molecule is CCO/C=C(\C(O)C(C)(C)C)P(=O)(OCC)OCC. The second kappa shape index (κ2) is 8.05. The van der Waals surface area contributed by atoms with E-state index >= 15 is 0 Å². The summed E-state index contributed by atoms with van der Waals surface area (Å²) in [5.41, 5.74) is -0.493. The maximum absolute atomic E-state index is 12.8. The molecule has 0 amide bonds. The summed E-state index contributed by atoms with van der Waals surface area (Å²) >= 11 is 0. The average molecular weight is 294 g/mol. The van der Waals surface area contributed by atoms with Gasteiger partial charge in [-0.05, 0) is 26.2 Å². The summed E-state index contributed by atoms with van der Waals surface area (Å²) in [5, 5.41) is 10.6. The zero-order chi connectivity index (χ0) is 15.1. The topological polar surface area (TPSA) is 65.0 Å². The third kappa shape index (κ3) is 5.65. The molecule has 19 heavy (non-hydrogen) atoms. The Labute approximate surface area is 116 Å². The summed E-state index contributed by atoms with van der Waals surface area (Å²) in [6, 6.07) is 0. The van der Waals surface area contributed by atoms with Gasteiger partial charge in [0.2, 0.25) is 0 Å². The van der Waals surface area contributed by atoms with Crippen LogP contribution < -0.4 is 0 Å². The van der Waals surface area contributed by atoms with Gasteiger partial charge in [0.05, 0.1) is 32.2 Å². The van der Waals surface area contributed by atoms with Crippen molar-refractivity contribution in [2.24, 2.45) is 5.41 Å². The first-order valence-electron chi connectivity index (χ1n) is 6.62. The molecule has 0 aromatic heterocycles. The van der Waals surface area contributed by atoms with Crippen molar-refractivity contribution < 1.29 is 23.5 Å². The van der Waals surface area contributed by atoms with Gasteiger partial charge in [-0.25, -0.2) is 0 Å². The molecule has 1 atom stereocenters. The zero-order valence-electron chi connectivity index (χ0n) is 12.8. The molecule has 0 saturated heterocycles. The molecule has 0 aliphatic heterocycles. The number of rotatable bonds is 8. The Bertz CT molecular complexity index is 322. The largest absolute Gasteiger partial charge is 0.501 e. The Kier molecular flexibility index (Phi) is 7.90. The van der Waals surface area contributed by atoms with Crippen LogP contribution in [0.2, 0.25) is 0 Å². The van der Waals surface area contributed by atoms with Gasteiger partial charge >= 0.3 is 7.60 Å². The Morgan fingerprint density at radius 3 is 1.95 bits per heavy atom. The van der Waals surface area contributed by atoms with Gasteiger partial charge in [-0.15, -0.1) is 0 Å². The fraction of sp³-hybridized carbons (Fsp3) is 0.846. The second-order valence-corrected chi connectivity index (χ2v) is 7.13. The minimum atomic E-state index is -3.53. The van der Waals surface area contributed by atoms with E-state index in [0.29, 0.717) is 6.61 Å². The van der Waals surface area contributed by atoms with Crippen LogP contribution in [0.15, 0.2) is 11.6 Å². The van der Waals surface area contributed by atoms with Gasteiger partial charge in [0.25, 0.3) is 0 Å². The molecule has 0 spiro atoms. The summed E-state index contributed by atoms with van der Waals surface area (Å²) < 4.78 is 28.5. The summed E-state index contributed by atoms with van der Waals surface area (Å²) in [6.07, 6.45) is 0.338. The molecule has 0 fully saturated rings. The molecule has 1 unspecified atom stereocenters. The molecule has 0 aliphatic carbocycles. The molecule has 0 aliphatic rings. The van der Waals surface area contributed by atoms with Gasteiger partial charge in [0, 0.05) is 0 Å². The molecule has 0 radical (unpaired) electrons. The molecule has 0 rings (SSSR count). The number of hydrogen-bond acceptors (Lipinski definition) is 5. The van der Waals surface area contributed by atoms with E-state index in [2.05, 4.69) is 0 Å². The Hall–Kier alpha value is -0.350. The quantitative estimate of drug-likeness (QED) is 0.548. The summed E-state index contributed by atoms with van der Waals surface area (Å²) in [7, 11) is -3.53. The van der Waals surface area contributed by atoms with Crippen molar-refractivity contribution in [3.8, 4) is 0 Å². The summed E-state index contributed by atoms with van der Waals surface area (Å²) in [4.78, 5) is 0. The number of aliphatic hydroxyl groups is 1. The fourth-order valence-corrected chi connectivity index (χ4v) is 3.36. The second-order valence-electron chi connectivity index (χ2n) is 5.10. The van der Waals surface area contributed by atoms with Gasteiger partial charge in [-0.1, -0.05) is 20.8 Å². The first kappa shape index (κ1) is 18.7. The minimum absolute atomic E-state index is 0.172. The number of aliphatic hydroxyl groups excluding tert-OH is 1. The molecule has 0 aromatic carbocycles. The smallest absolute Gasteiger partial charge is 0.363 e. The lowest BCUT2D eigenvalue weighted by Crippen LogP contribution is -2.29. The van der Waals surface area contributed by atoms with E-state index in [4.69, 9.17) is 13.8 Å². The van der Waals surface area contributed by atoms with Crippen LogP contribution in [-0.4, -0.2) is 31.0 Å². The lowest BCUT2D eigenvalue weighted by atomic mass is 9.89. The highest BCUT2D eigenvalue weighted by atomic mass is 31.2. The first-order valence-corrected chi connectivity index (χ1v) is 8.16. The van der Waals surface area contributed by atoms with Gasteiger partial charge in [-0.2, -0.15) is 0 Å². The van der Waals surface area contributed by atoms with E-state index in [9.17, 15) is 9.67 Å². The third-order valence-corrected chi connectivity index (χ3v) is 4.56. The Morgan fingerprint density at radius 1 is 1.16 bits per heavy atom. The molecule has 1 N–H and O–H groups in total. The van der Waals surface area contributed by atoms with Crippen molar-refractivity contribution in [2.45, 2.75) is 47.6 Å². The Morgan fingerprint density at radius 2 is 1.63 bits per heavy atom. The molecule has 6 heteroatoms. The molecule has 0 saturated carbocycles. The fourth-order valence-electron chi connectivity index (χ4n) is 1.42.